The Morgan fingerprint density at radius 2 is 1.84 bits per heavy atom. The second kappa shape index (κ2) is 7.17. The Bertz CT molecular complexity index is 886. The van der Waals surface area contributed by atoms with Crippen LogP contribution in [0.4, 0.5) is 5.69 Å². The Balaban J connectivity index is 1.76. The number of para-hydroxylation sites is 1. The fourth-order valence-corrected chi connectivity index (χ4v) is 2.49. The maximum atomic E-state index is 12.2. The van der Waals surface area contributed by atoms with Gasteiger partial charge in [-0.15, -0.1) is 0 Å². The second-order valence-corrected chi connectivity index (χ2v) is 5.93. The normalized spacial score (nSPS) is 10.5. The molecule has 6 nitrogen and oxygen atoms in total. The molecule has 25 heavy (non-hydrogen) atoms. The molecule has 0 unspecified atom stereocenters. The first kappa shape index (κ1) is 16.7. The molecule has 0 atom stereocenters. The molecule has 0 aliphatic heterocycles. The fraction of sp³-hybridized carbons (Fsp3) is 0.211. The van der Waals surface area contributed by atoms with Gasteiger partial charge in [0.15, 0.2) is 5.82 Å². The molecule has 1 amide bonds. The van der Waals surface area contributed by atoms with Gasteiger partial charge in [-0.2, -0.15) is 4.98 Å². The number of carbonyl (C=O) groups is 1. The van der Waals surface area contributed by atoms with Gasteiger partial charge in [0.05, 0.1) is 12.1 Å². The summed E-state index contributed by atoms with van der Waals surface area (Å²) in [7, 11) is 3.46. The third-order valence-corrected chi connectivity index (χ3v) is 3.84. The molecule has 3 aromatic rings. The summed E-state index contributed by atoms with van der Waals surface area (Å²) in [6.07, 6.45) is 0. The van der Waals surface area contributed by atoms with Gasteiger partial charge >= 0.3 is 0 Å². The van der Waals surface area contributed by atoms with Gasteiger partial charge < -0.3 is 14.7 Å². The van der Waals surface area contributed by atoms with Crippen LogP contribution in [0.25, 0.3) is 11.5 Å². The summed E-state index contributed by atoms with van der Waals surface area (Å²) >= 11 is 0. The summed E-state index contributed by atoms with van der Waals surface area (Å²) in [5.74, 6) is 0.967. The molecular formula is C19H20N4O2. The summed E-state index contributed by atoms with van der Waals surface area (Å²) in [5, 5.41) is 7.23. The lowest BCUT2D eigenvalue weighted by atomic mass is 10.1. The van der Waals surface area contributed by atoms with E-state index in [1.54, 1.807) is 25.1 Å². The van der Waals surface area contributed by atoms with E-state index in [4.69, 9.17) is 4.52 Å². The zero-order valence-corrected chi connectivity index (χ0v) is 14.5. The predicted molar refractivity (Wildman–Crippen MR) is 96.3 cm³/mol. The number of hydrogen-bond donors (Lipinski definition) is 1. The first-order chi connectivity index (χ1) is 12.1. The van der Waals surface area contributed by atoms with Gasteiger partial charge in [-0.1, -0.05) is 35.5 Å². The number of hydrogen-bond acceptors (Lipinski definition) is 5. The van der Waals surface area contributed by atoms with E-state index in [0.29, 0.717) is 23.8 Å². The van der Waals surface area contributed by atoms with Crippen molar-refractivity contribution in [2.45, 2.75) is 13.5 Å². The van der Waals surface area contributed by atoms with E-state index in [1.807, 2.05) is 49.4 Å². The van der Waals surface area contributed by atoms with E-state index in [9.17, 15) is 4.79 Å². The van der Waals surface area contributed by atoms with E-state index in [1.165, 1.54) is 0 Å². The Kier molecular flexibility index (Phi) is 4.79. The van der Waals surface area contributed by atoms with Crippen molar-refractivity contribution < 1.29 is 9.32 Å². The van der Waals surface area contributed by atoms with Crippen molar-refractivity contribution in [3.8, 4) is 11.5 Å². The summed E-state index contributed by atoms with van der Waals surface area (Å²) in [6, 6.07) is 15.2. The third kappa shape index (κ3) is 3.68. The predicted octanol–water partition coefficient (Wildman–Crippen LogP) is 3.36. The van der Waals surface area contributed by atoms with Crippen LogP contribution in [0.15, 0.2) is 53.1 Å². The van der Waals surface area contributed by atoms with E-state index >= 15 is 0 Å². The molecular weight excluding hydrogens is 316 g/mol. The van der Waals surface area contributed by atoms with Crippen LogP contribution >= 0.6 is 0 Å². The molecule has 3 rings (SSSR count). The molecule has 0 bridgehead atoms. The van der Waals surface area contributed by atoms with Crippen LogP contribution in [-0.4, -0.2) is 35.0 Å². The molecule has 6 heteroatoms. The van der Waals surface area contributed by atoms with Crippen LogP contribution < -0.4 is 5.32 Å². The van der Waals surface area contributed by atoms with Gasteiger partial charge in [-0.05, 0) is 30.7 Å². The molecule has 0 aliphatic carbocycles. The molecule has 0 saturated carbocycles. The lowest BCUT2D eigenvalue weighted by Crippen LogP contribution is -2.23. The van der Waals surface area contributed by atoms with Crippen molar-refractivity contribution in [1.29, 1.82) is 0 Å². The van der Waals surface area contributed by atoms with Crippen LogP contribution in [0.3, 0.4) is 0 Å². The first-order valence-electron chi connectivity index (χ1n) is 7.99. The van der Waals surface area contributed by atoms with Crippen molar-refractivity contribution >= 4 is 11.6 Å². The topological polar surface area (TPSA) is 71.3 Å². The quantitative estimate of drug-likeness (QED) is 0.773. The van der Waals surface area contributed by atoms with Crippen molar-refractivity contribution in [3.63, 3.8) is 0 Å². The van der Waals surface area contributed by atoms with Gasteiger partial charge in [0.25, 0.3) is 11.8 Å². The van der Waals surface area contributed by atoms with Crippen LogP contribution in [0, 0.1) is 6.92 Å². The fourth-order valence-electron chi connectivity index (χ4n) is 2.49. The summed E-state index contributed by atoms with van der Waals surface area (Å²) in [5.41, 5.74) is 3.34. The molecule has 2 aromatic carbocycles. The number of nitrogens with zero attached hydrogens (tertiary/aromatic N) is 3. The number of nitrogens with one attached hydrogen (secondary N) is 1. The van der Waals surface area contributed by atoms with Crippen LogP contribution in [0.1, 0.15) is 21.7 Å². The van der Waals surface area contributed by atoms with Crippen LogP contribution in [0.5, 0.6) is 0 Å². The largest absolute Gasteiger partial charge is 0.377 e. The van der Waals surface area contributed by atoms with Gasteiger partial charge in [0.2, 0.25) is 0 Å². The highest BCUT2D eigenvalue weighted by molar-refractivity contribution is 5.99. The number of anilines is 1. The third-order valence-electron chi connectivity index (χ3n) is 3.84. The lowest BCUT2D eigenvalue weighted by molar-refractivity contribution is 0.0828. The molecule has 1 aromatic heterocycles. The zero-order valence-electron chi connectivity index (χ0n) is 14.5. The van der Waals surface area contributed by atoms with Crippen LogP contribution in [0.2, 0.25) is 0 Å². The summed E-state index contributed by atoms with van der Waals surface area (Å²) < 4.78 is 5.36. The Labute approximate surface area is 146 Å². The highest BCUT2D eigenvalue weighted by atomic mass is 16.5. The van der Waals surface area contributed by atoms with Gasteiger partial charge in [0, 0.05) is 25.3 Å². The van der Waals surface area contributed by atoms with E-state index < -0.39 is 0 Å². The number of amides is 1. The molecule has 1 N–H and O–H groups in total. The van der Waals surface area contributed by atoms with Crippen LogP contribution in [-0.2, 0) is 6.54 Å². The molecule has 128 valence electrons. The Morgan fingerprint density at radius 3 is 2.60 bits per heavy atom. The minimum Gasteiger partial charge on any atom is -0.377 e. The van der Waals surface area contributed by atoms with Crippen molar-refractivity contribution in [2.75, 3.05) is 19.4 Å². The number of aryl methyl sites for hydroxylation is 1. The SMILES string of the molecule is Cc1ccccc1-c1nc(CNc2ccccc2C(=O)N(C)C)no1. The molecule has 0 spiro atoms. The van der Waals surface area contributed by atoms with Crippen molar-refractivity contribution in [3.05, 3.63) is 65.5 Å². The Morgan fingerprint density at radius 1 is 1.12 bits per heavy atom. The number of rotatable bonds is 5. The smallest absolute Gasteiger partial charge is 0.258 e. The van der Waals surface area contributed by atoms with Crippen molar-refractivity contribution in [1.82, 2.24) is 15.0 Å². The highest BCUT2D eigenvalue weighted by Crippen LogP contribution is 2.22. The average Bonchev–Trinajstić information content (AvgIpc) is 3.08. The van der Waals surface area contributed by atoms with E-state index in [-0.39, 0.29) is 5.91 Å². The molecule has 0 fully saturated rings. The number of aromatic nitrogens is 2. The minimum atomic E-state index is -0.0585. The molecule has 1 heterocycles. The maximum absolute atomic E-state index is 12.2. The summed E-state index contributed by atoms with van der Waals surface area (Å²) in [4.78, 5) is 18.2. The summed E-state index contributed by atoms with van der Waals surface area (Å²) in [6.45, 7) is 2.37. The minimum absolute atomic E-state index is 0.0585. The number of benzene rings is 2. The maximum Gasteiger partial charge on any atom is 0.258 e. The highest BCUT2D eigenvalue weighted by Gasteiger charge is 2.14. The first-order valence-corrected chi connectivity index (χ1v) is 7.99. The molecule has 0 radical (unpaired) electrons. The Hall–Kier alpha value is -3.15. The molecule has 0 saturated heterocycles. The monoisotopic (exact) mass is 336 g/mol. The van der Waals surface area contributed by atoms with Gasteiger partial charge in [0.1, 0.15) is 0 Å². The molecule has 0 aliphatic rings. The van der Waals surface area contributed by atoms with Gasteiger partial charge in [-0.25, -0.2) is 0 Å². The zero-order chi connectivity index (χ0) is 17.8. The lowest BCUT2D eigenvalue weighted by Gasteiger charge is -2.14. The standard InChI is InChI=1S/C19H20N4O2/c1-13-8-4-5-9-14(13)18-21-17(22-25-18)12-20-16-11-7-6-10-15(16)19(24)23(2)3/h4-11,20H,12H2,1-3H3. The van der Waals surface area contributed by atoms with E-state index in [2.05, 4.69) is 15.5 Å². The van der Waals surface area contributed by atoms with E-state index in [0.717, 1.165) is 16.8 Å². The van der Waals surface area contributed by atoms with Crippen molar-refractivity contribution in [2.24, 2.45) is 0 Å². The second-order valence-electron chi connectivity index (χ2n) is 5.93. The average molecular weight is 336 g/mol. The number of carbonyl (C=O) groups excluding carboxylic acids is 1. The van der Waals surface area contributed by atoms with Gasteiger partial charge in [-0.3, -0.25) is 4.79 Å².